The lowest BCUT2D eigenvalue weighted by Gasteiger charge is -2.30. The fourth-order valence-electron chi connectivity index (χ4n) is 10.8. The van der Waals surface area contributed by atoms with Gasteiger partial charge in [0.05, 0.1) is 16.8 Å². The third-order valence-electron chi connectivity index (χ3n) is 13.6. The molecule has 4 heteroatoms. The first-order chi connectivity index (χ1) is 29.3. The normalized spacial score (nSPS) is 16.1. The van der Waals surface area contributed by atoms with Crippen molar-refractivity contribution in [3.05, 3.63) is 167 Å². The van der Waals surface area contributed by atoms with Gasteiger partial charge in [-0.05, 0) is 107 Å². The van der Waals surface area contributed by atoms with Crippen molar-refractivity contribution >= 4 is 27.8 Å². The van der Waals surface area contributed by atoms with E-state index in [9.17, 15) is 0 Å². The van der Waals surface area contributed by atoms with E-state index < -0.39 is 0 Å². The van der Waals surface area contributed by atoms with Crippen LogP contribution < -0.4 is 9.13 Å². The highest BCUT2D eigenvalue weighted by molar-refractivity contribution is 6.09. The molecule has 0 radical (unpaired) electrons. The quantitative estimate of drug-likeness (QED) is 0.166. The van der Waals surface area contributed by atoms with Gasteiger partial charge in [0.15, 0.2) is 29.7 Å². The molecule has 2 aliphatic heterocycles. The highest BCUT2D eigenvalue weighted by atomic mass is 16.3. The summed E-state index contributed by atoms with van der Waals surface area (Å²) < 4.78 is 12.2. The summed E-state index contributed by atoms with van der Waals surface area (Å²) in [7, 11) is 0. The number of hydrogen-bond acceptors (Lipinski definition) is 2. The number of benzene rings is 4. The van der Waals surface area contributed by atoms with E-state index in [1.807, 2.05) is 0 Å². The molecule has 2 aliphatic rings. The Kier molecular flexibility index (Phi) is 9.28. The molecule has 0 fully saturated rings. The molecule has 4 nitrogen and oxygen atoms in total. The summed E-state index contributed by atoms with van der Waals surface area (Å²) in [5.41, 5.74) is 21.1. The smallest absolute Gasteiger partial charge is 0.227 e. The highest BCUT2D eigenvalue weighted by Gasteiger charge is 2.47. The van der Waals surface area contributed by atoms with Crippen molar-refractivity contribution in [2.24, 2.45) is 0 Å². The summed E-state index contributed by atoms with van der Waals surface area (Å²) in [6.45, 7) is 25.6. The van der Waals surface area contributed by atoms with Crippen LogP contribution in [-0.4, -0.2) is 4.98 Å². The number of pyridine rings is 3. The number of allylic oxidation sites excluding steroid dienone is 1. The Bertz CT molecular complexity index is 3070. The average Bonchev–Trinajstić information content (AvgIpc) is 3.63. The van der Waals surface area contributed by atoms with Gasteiger partial charge in [-0.15, -0.1) is 0 Å². The molecule has 0 amide bonds. The molecule has 0 bridgehead atoms. The first-order valence-corrected chi connectivity index (χ1v) is 22.2. The monoisotopic (exact) mass is 799 g/mol. The zero-order valence-electron chi connectivity index (χ0n) is 37.2. The number of fused-ring (bicyclic) bond motifs is 13. The van der Waals surface area contributed by atoms with Crippen LogP contribution in [0.3, 0.4) is 0 Å². The average molecular weight is 800 g/mol. The fourth-order valence-corrected chi connectivity index (χ4v) is 10.8. The minimum atomic E-state index is -0.0663. The molecule has 10 rings (SSSR count). The van der Waals surface area contributed by atoms with E-state index in [-0.39, 0.29) is 23.3 Å². The van der Waals surface area contributed by atoms with Gasteiger partial charge in [0.2, 0.25) is 17.1 Å². The summed E-state index contributed by atoms with van der Waals surface area (Å²) >= 11 is 0. The van der Waals surface area contributed by atoms with Gasteiger partial charge in [0, 0.05) is 46.0 Å². The van der Waals surface area contributed by atoms with Crippen molar-refractivity contribution in [3.8, 4) is 44.9 Å². The molecule has 6 heterocycles. The zero-order valence-corrected chi connectivity index (χ0v) is 37.2. The summed E-state index contributed by atoms with van der Waals surface area (Å²) in [5, 5.41) is 2.12. The minimum absolute atomic E-state index is 0.0661. The molecular weight excluding hydrogens is 743 g/mol. The van der Waals surface area contributed by atoms with E-state index in [1.54, 1.807) is 0 Å². The zero-order chi connectivity index (χ0) is 42.5. The summed E-state index contributed by atoms with van der Waals surface area (Å²) in [6.07, 6.45) is 6.58. The summed E-state index contributed by atoms with van der Waals surface area (Å²) in [6, 6.07) is 40.6. The Morgan fingerprint density at radius 2 is 1.49 bits per heavy atom. The van der Waals surface area contributed by atoms with Crippen LogP contribution in [0.2, 0.25) is 0 Å². The maximum Gasteiger partial charge on any atom is 0.227 e. The molecule has 2 unspecified atom stereocenters. The van der Waals surface area contributed by atoms with Crippen molar-refractivity contribution < 1.29 is 13.6 Å². The molecule has 0 aliphatic carbocycles. The Hall–Kier alpha value is -6.13. The first kappa shape index (κ1) is 39.0. The Labute approximate surface area is 361 Å². The van der Waals surface area contributed by atoms with Gasteiger partial charge < -0.3 is 4.42 Å². The van der Waals surface area contributed by atoms with E-state index in [1.165, 1.54) is 66.9 Å². The molecule has 8 aromatic rings. The third kappa shape index (κ3) is 6.28. The number of nitrogens with zero attached hydrogens (tertiary/aromatic N) is 3. The maximum atomic E-state index is 7.18. The van der Waals surface area contributed by atoms with Crippen LogP contribution in [0.25, 0.3) is 72.7 Å². The molecule has 4 aromatic heterocycles. The van der Waals surface area contributed by atoms with Crippen LogP contribution in [0, 0.1) is 13.8 Å². The Morgan fingerprint density at radius 3 is 2.25 bits per heavy atom. The summed E-state index contributed by atoms with van der Waals surface area (Å²) in [4.78, 5) is 5.47. The van der Waals surface area contributed by atoms with Crippen molar-refractivity contribution in [2.45, 2.75) is 104 Å². The molecule has 2 atom stereocenters. The van der Waals surface area contributed by atoms with Crippen LogP contribution in [0.1, 0.15) is 118 Å². The molecule has 4 aromatic carbocycles. The van der Waals surface area contributed by atoms with Gasteiger partial charge in [-0.3, -0.25) is 0 Å². The van der Waals surface area contributed by atoms with Crippen LogP contribution >= 0.6 is 0 Å². The van der Waals surface area contributed by atoms with E-state index in [0.29, 0.717) is 11.6 Å². The molecule has 0 saturated carbocycles. The van der Waals surface area contributed by atoms with E-state index >= 15 is 0 Å². The number of furan rings is 1. The standard InChI is InChI=1S/C57H57N3O/c1-33(2)40-24-25-41(38-16-12-11-13-17-38)51(34(3)4)54(40)47-27-26-45-44-23-21-39-22-29-49-52(43-19-15-14-18-42(43)48-28-20-35(5)31-60(48)49)37(7)59-32-46(57(8,9)10)36(6)30-50(59)53(39)55(44)61-56(45)58-47/h11-21,23-28,30-34,49,52H,7,22,29H2,1-6,8-10H3/q+2. The van der Waals surface area contributed by atoms with Crippen molar-refractivity contribution in [1.82, 2.24) is 4.98 Å². The molecule has 0 saturated heterocycles. The molecule has 0 spiro atoms. The molecule has 0 N–H and O–H groups in total. The topological polar surface area (TPSA) is 33.8 Å². The predicted molar refractivity (Wildman–Crippen MR) is 252 cm³/mol. The van der Waals surface area contributed by atoms with Gasteiger partial charge in [0.25, 0.3) is 0 Å². The van der Waals surface area contributed by atoms with Crippen LogP contribution in [0.4, 0.5) is 0 Å². The van der Waals surface area contributed by atoms with Gasteiger partial charge in [-0.25, -0.2) is 4.98 Å². The van der Waals surface area contributed by atoms with Gasteiger partial charge in [-0.2, -0.15) is 9.13 Å². The molecular formula is C57H57N3O+2. The van der Waals surface area contributed by atoms with Gasteiger partial charge >= 0.3 is 0 Å². The second-order valence-electron chi connectivity index (χ2n) is 19.3. The second-order valence-corrected chi connectivity index (χ2v) is 19.3. The van der Waals surface area contributed by atoms with Crippen LogP contribution in [-0.2, 0) is 11.8 Å². The van der Waals surface area contributed by atoms with Gasteiger partial charge in [-0.1, -0.05) is 121 Å². The van der Waals surface area contributed by atoms with E-state index in [2.05, 4.69) is 193 Å². The molecule has 61 heavy (non-hydrogen) atoms. The number of rotatable bonds is 4. The van der Waals surface area contributed by atoms with E-state index in [4.69, 9.17) is 16.0 Å². The Morgan fingerprint density at radius 1 is 0.738 bits per heavy atom. The number of aryl methyl sites for hydroxylation is 3. The number of hydrogen-bond donors (Lipinski definition) is 0. The number of aromatic nitrogens is 3. The summed E-state index contributed by atoms with van der Waals surface area (Å²) in [5.74, 6) is 0.673. The van der Waals surface area contributed by atoms with Crippen molar-refractivity contribution in [3.63, 3.8) is 0 Å². The highest BCUT2D eigenvalue weighted by Crippen LogP contribution is 2.48. The van der Waals surface area contributed by atoms with E-state index in [0.717, 1.165) is 51.8 Å². The predicted octanol–water partition coefficient (Wildman–Crippen LogP) is 14.1. The largest absolute Gasteiger partial charge is 0.437 e. The second kappa shape index (κ2) is 14.5. The van der Waals surface area contributed by atoms with Crippen LogP contribution in [0.15, 0.2) is 133 Å². The van der Waals surface area contributed by atoms with Crippen LogP contribution in [0.5, 0.6) is 0 Å². The lowest BCUT2D eigenvalue weighted by molar-refractivity contribution is -0.720. The molecule has 304 valence electrons. The fraction of sp³-hybridized carbons (Fsp3) is 0.281. The minimum Gasteiger partial charge on any atom is -0.437 e. The first-order valence-electron chi connectivity index (χ1n) is 22.2. The lowest BCUT2D eigenvalue weighted by Crippen LogP contribution is -2.51. The lowest BCUT2D eigenvalue weighted by atomic mass is 9.79. The van der Waals surface area contributed by atoms with Crippen molar-refractivity contribution in [2.75, 3.05) is 0 Å². The van der Waals surface area contributed by atoms with Crippen molar-refractivity contribution in [1.29, 1.82) is 0 Å². The SMILES string of the molecule is C=C1C2c3ccccc3-c3ccc(C)c[n+]3C2CCc2ccc3c(oc4nc(-c5c(C(C)C)ccc(-c6ccccc6)c5C(C)C)ccc43)c2-c2cc(C)c(C(C)(C)C)c[n+]21. The third-order valence-corrected chi connectivity index (χ3v) is 13.6. The maximum absolute atomic E-state index is 7.18. The van der Waals surface area contributed by atoms with Gasteiger partial charge in [0.1, 0.15) is 5.92 Å². The Balaban J connectivity index is 1.23.